The van der Waals surface area contributed by atoms with Crippen LogP contribution in [0, 0.1) is 5.41 Å². The van der Waals surface area contributed by atoms with Crippen molar-refractivity contribution in [3.63, 3.8) is 0 Å². The molecule has 4 aliphatic rings. The van der Waals surface area contributed by atoms with Crippen LogP contribution in [-0.2, 0) is 21.5 Å². The number of nitrogens with zero attached hydrogens (tertiary/aromatic N) is 2. The molecule has 27 heavy (non-hydrogen) atoms. The highest BCUT2D eigenvalue weighted by Gasteiger charge is 2.66. The predicted molar refractivity (Wildman–Crippen MR) is 105 cm³/mol. The van der Waals surface area contributed by atoms with Gasteiger partial charge in [0.25, 0.3) is 5.91 Å². The van der Waals surface area contributed by atoms with E-state index in [1.165, 1.54) is 24.0 Å². The number of ether oxygens (including phenoxy) is 1. The fourth-order valence-corrected chi connectivity index (χ4v) is 5.86. The quantitative estimate of drug-likeness (QED) is 0.893. The highest BCUT2D eigenvalue weighted by atomic mass is 16.5. The molecule has 1 unspecified atom stereocenters. The lowest BCUT2D eigenvalue weighted by atomic mass is 9.61. The summed E-state index contributed by atoms with van der Waals surface area (Å²) < 4.78 is 5.62. The summed E-state index contributed by atoms with van der Waals surface area (Å²) in [6.07, 6.45) is 7.60. The van der Waals surface area contributed by atoms with Crippen LogP contribution in [0.5, 0.6) is 0 Å². The maximum atomic E-state index is 13.8. The van der Waals surface area contributed by atoms with Crippen LogP contribution in [0.4, 0.5) is 0 Å². The summed E-state index contributed by atoms with van der Waals surface area (Å²) in [7, 11) is 1.79. The van der Waals surface area contributed by atoms with Gasteiger partial charge in [0.1, 0.15) is 0 Å². The van der Waals surface area contributed by atoms with Crippen LogP contribution in [0.25, 0.3) is 0 Å². The SMILES string of the molecule is CCN1C(=O)C2(N=C1N)c1cc(C3CC3)ccc1CC21CCC(OC)CC1. The first-order valence-electron chi connectivity index (χ1n) is 10.4. The summed E-state index contributed by atoms with van der Waals surface area (Å²) >= 11 is 0. The highest BCUT2D eigenvalue weighted by molar-refractivity contribution is 6.08. The summed E-state index contributed by atoms with van der Waals surface area (Å²) in [5.41, 5.74) is 9.07. The number of guanidine groups is 1. The number of hydrogen-bond acceptors (Lipinski definition) is 4. The van der Waals surface area contributed by atoms with Crippen LogP contribution in [0.1, 0.15) is 68.1 Å². The number of aliphatic imine (C=N–C) groups is 1. The summed E-state index contributed by atoms with van der Waals surface area (Å²) in [6, 6.07) is 6.82. The Morgan fingerprint density at radius 1 is 1.26 bits per heavy atom. The zero-order valence-corrected chi connectivity index (χ0v) is 16.3. The molecule has 0 radical (unpaired) electrons. The van der Waals surface area contributed by atoms with Gasteiger partial charge in [0.2, 0.25) is 0 Å². The first-order valence-corrected chi connectivity index (χ1v) is 10.4. The fraction of sp³-hybridized carbons (Fsp3) is 0.636. The van der Waals surface area contributed by atoms with E-state index in [4.69, 9.17) is 15.5 Å². The molecule has 2 saturated carbocycles. The number of hydrogen-bond donors (Lipinski definition) is 1. The molecule has 5 heteroatoms. The van der Waals surface area contributed by atoms with Gasteiger partial charge in [0.15, 0.2) is 11.5 Å². The molecule has 144 valence electrons. The molecule has 1 aromatic rings. The number of methoxy groups -OCH3 is 1. The zero-order valence-electron chi connectivity index (χ0n) is 16.3. The minimum Gasteiger partial charge on any atom is -0.381 e. The van der Waals surface area contributed by atoms with Gasteiger partial charge in [-0.15, -0.1) is 0 Å². The van der Waals surface area contributed by atoms with Crippen LogP contribution >= 0.6 is 0 Å². The number of nitrogens with two attached hydrogens (primary N) is 1. The lowest BCUT2D eigenvalue weighted by Crippen LogP contribution is -2.52. The number of benzene rings is 1. The molecule has 1 atom stereocenters. The minimum absolute atomic E-state index is 0.0880. The molecule has 1 amide bonds. The predicted octanol–water partition coefficient (Wildman–Crippen LogP) is 3.07. The molecule has 5 rings (SSSR count). The number of amides is 1. The van der Waals surface area contributed by atoms with Crippen LogP contribution in [0.15, 0.2) is 23.2 Å². The maximum absolute atomic E-state index is 13.8. The van der Waals surface area contributed by atoms with Gasteiger partial charge in [-0.05, 0) is 74.5 Å². The molecule has 2 fully saturated rings. The summed E-state index contributed by atoms with van der Waals surface area (Å²) in [4.78, 5) is 20.4. The third-order valence-electron chi connectivity index (χ3n) is 7.52. The van der Waals surface area contributed by atoms with Crippen molar-refractivity contribution >= 4 is 11.9 Å². The van der Waals surface area contributed by atoms with E-state index >= 15 is 0 Å². The van der Waals surface area contributed by atoms with Crippen molar-refractivity contribution in [2.45, 2.75) is 69.4 Å². The summed E-state index contributed by atoms with van der Waals surface area (Å²) in [6.45, 7) is 2.55. The van der Waals surface area contributed by atoms with Crippen molar-refractivity contribution in [1.82, 2.24) is 4.90 Å². The van der Waals surface area contributed by atoms with Crippen molar-refractivity contribution in [3.8, 4) is 0 Å². The number of fused-ring (bicyclic) bond motifs is 3. The van der Waals surface area contributed by atoms with E-state index < -0.39 is 5.54 Å². The number of rotatable bonds is 3. The van der Waals surface area contributed by atoms with E-state index in [-0.39, 0.29) is 11.3 Å². The molecule has 1 aromatic carbocycles. The Bertz CT molecular complexity index is 821. The lowest BCUT2D eigenvalue weighted by molar-refractivity contribution is -0.138. The topological polar surface area (TPSA) is 67.9 Å². The Kier molecular flexibility index (Phi) is 3.71. The molecular weight excluding hydrogens is 338 g/mol. The number of carbonyl (C=O) groups excluding carboxylic acids is 1. The Labute approximate surface area is 161 Å². The zero-order chi connectivity index (χ0) is 18.8. The van der Waals surface area contributed by atoms with Crippen molar-refractivity contribution < 1.29 is 9.53 Å². The van der Waals surface area contributed by atoms with E-state index in [2.05, 4.69) is 18.2 Å². The van der Waals surface area contributed by atoms with Crippen molar-refractivity contribution in [2.75, 3.05) is 13.7 Å². The second-order valence-corrected chi connectivity index (χ2v) is 8.81. The summed E-state index contributed by atoms with van der Waals surface area (Å²) in [5, 5.41) is 0. The Morgan fingerprint density at radius 2 is 2.00 bits per heavy atom. The molecule has 1 heterocycles. The second kappa shape index (κ2) is 5.81. The van der Waals surface area contributed by atoms with E-state index in [1.54, 1.807) is 12.0 Å². The van der Waals surface area contributed by atoms with Crippen LogP contribution in [-0.4, -0.2) is 36.5 Å². The fourth-order valence-electron chi connectivity index (χ4n) is 5.86. The van der Waals surface area contributed by atoms with Gasteiger partial charge >= 0.3 is 0 Å². The van der Waals surface area contributed by atoms with Crippen molar-refractivity contribution in [3.05, 3.63) is 34.9 Å². The molecule has 0 bridgehead atoms. The first-order chi connectivity index (χ1) is 13.0. The third kappa shape index (κ3) is 2.21. The molecule has 1 aliphatic heterocycles. The molecule has 5 nitrogen and oxygen atoms in total. The van der Waals surface area contributed by atoms with Gasteiger partial charge in [-0.1, -0.05) is 18.2 Å². The van der Waals surface area contributed by atoms with Crippen LogP contribution in [0.3, 0.4) is 0 Å². The lowest BCUT2D eigenvalue weighted by Gasteiger charge is -2.45. The van der Waals surface area contributed by atoms with Gasteiger partial charge in [-0.3, -0.25) is 9.69 Å². The summed E-state index contributed by atoms with van der Waals surface area (Å²) in [5.74, 6) is 1.14. The Balaban J connectivity index is 1.66. The maximum Gasteiger partial charge on any atom is 0.262 e. The largest absolute Gasteiger partial charge is 0.381 e. The van der Waals surface area contributed by atoms with E-state index in [0.717, 1.165) is 37.7 Å². The molecule has 0 saturated heterocycles. The van der Waals surface area contributed by atoms with E-state index in [1.807, 2.05) is 6.92 Å². The van der Waals surface area contributed by atoms with E-state index in [9.17, 15) is 4.79 Å². The van der Waals surface area contributed by atoms with Crippen LogP contribution in [0.2, 0.25) is 0 Å². The van der Waals surface area contributed by atoms with Gasteiger partial charge in [0.05, 0.1) is 6.10 Å². The molecule has 2 N–H and O–H groups in total. The third-order valence-corrected chi connectivity index (χ3v) is 7.52. The monoisotopic (exact) mass is 367 g/mol. The Morgan fingerprint density at radius 3 is 2.59 bits per heavy atom. The van der Waals surface area contributed by atoms with E-state index in [0.29, 0.717) is 24.5 Å². The highest BCUT2D eigenvalue weighted by Crippen LogP contribution is 2.62. The number of carbonyl (C=O) groups is 1. The molecule has 3 aliphatic carbocycles. The minimum atomic E-state index is -0.827. The van der Waals surface area contributed by atoms with Gasteiger partial charge < -0.3 is 10.5 Å². The first kappa shape index (κ1) is 17.2. The second-order valence-electron chi connectivity index (χ2n) is 8.81. The average molecular weight is 367 g/mol. The molecular formula is C22H29N3O2. The molecule has 2 spiro atoms. The van der Waals surface area contributed by atoms with Gasteiger partial charge in [-0.2, -0.15) is 0 Å². The standard InChI is InChI=1S/C22H29N3O2/c1-3-25-19(26)22(24-20(25)23)18-12-15(14-4-5-14)6-7-16(18)13-21(22)10-8-17(27-2)9-11-21/h6-7,12,14,17H,3-5,8-11,13H2,1-2H3,(H2,23,24). The normalized spacial score (nSPS) is 35.2. The van der Waals surface area contributed by atoms with Gasteiger partial charge in [-0.25, -0.2) is 4.99 Å². The van der Waals surface area contributed by atoms with Gasteiger partial charge in [0, 0.05) is 19.1 Å². The van der Waals surface area contributed by atoms with Crippen LogP contribution < -0.4 is 5.73 Å². The molecule has 0 aromatic heterocycles. The van der Waals surface area contributed by atoms with Crippen molar-refractivity contribution in [2.24, 2.45) is 16.1 Å². The van der Waals surface area contributed by atoms with Crippen molar-refractivity contribution in [1.29, 1.82) is 0 Å². The number of likely N-dealkylation sites (N-methyl/N-ethyl adjacent to an activating group) is 1. The average Bonchev–Trinajstić information content (AvgIpc) is 3.45. The Hall–Kier alpha value is -1.88. The smallest absolute Gasteiger partial charge is 0.262 e.